The summed E-state index contributed by atoms with van der Waals surface area (Å²) in [6.45, 7) is 1.28. The zero-order valence-corrected chi connectivity index (χ0v) is 15.5. The molecular weight excluding hydrogens is 368 g/mol. The van der Waals surface area contributed by atoms with Crippen molar-refractivity contribution in [3.63, 3.8) is 0 Å². The second-order valence-corrected chi connectivity index (χ2v) is 7.51. The van der Waals surface area contributed by atoms with Gasteiger partial charge in [-0.2, -0.15) is 0 Å². The zero-order chi connectivity index (χ0) is 20.0. The van der Waals surface area contributed by atoms with Crippen LogP contribution in [0.4, 0.5) is 0 Å². The highest BCUT2D eigenvalue weighted by atomic mass is 16.7. The lowest BCUT2D eigenvalue weighted by Gasteiger charge is -2.39. The summed E-state index contributed by atoms with van der Waals surface area (Å²) in [5, 5.41) is 40.3. The predicted octanol–water partition coefficient (Wildman–Crippen LogP) is 0.159. The van der Waals surface area contributed by atoms with Crippen LogP contribution in [-0.4, -0.2) is 57.7 Å². The molecular formula is C20H24O8. The molecule has 5 atom stereocenters. The lowest BCUT2D eigenvalue weighted by molar-refractivity contribution is -0.277. The Balaban J connectivity index is 1.79. The summed E-state index contributed by atoms with van der Waals surface area (Å²) in [5.74, 6) is 0.362. The minimum absolute atomic E-state index is 0.341. The highest BCUT2D eigenvalue weighted by Crippen LogP contribution is 2.36. The Morgan fingerprint density at radius 1 is 1.07 bits per heavy atom. The van der Waals surface area contributed by atoms with Crippen LogP contribution in [0.3, 0.4) is 0 Å². The van der Waals surface area contributed by atoms with Gasteiger partial charge in [-0.15, -0.1) is 0 Å². The minimum Gasteiger partial charge on any atom is -0.461 e. The van der Waals surface area contributed by atoms with E-state index in [1.807, 2.05) is 6.92 Å². The first kappa shape index (κ1) is 19.4. The van der Waals surface area contributed by atoms with Crippen molar-refractivity contribution in [2.45, 2.75) is 63.3 Å². The van der Waals surface area contributed by atoms with Gasteiger partial charge in [0.2, 0.25) is 6.29 Å². The van der Waals surface area contributed by atoms with Crippen molar-refractivity contribution in [2.75, 3.05) is 6.61 Å². The van der Waals surface area contributed by atoms with Crippen LogP contribution in [0.5, 0.6) is 5.75 Å². The summed E-state index contributed by atoms with van der Waals surface area (Å²) in [7, 11) is 0. The Morgan fingerprint density at radius 2 is 1.79 bits per heavy atom. The van der Waals surface area contributed by atoms with Crippen LogP contribution in [0.2, 0.25) is 0 Å². The number of aryl methyl sites for hydroxylation is 2. The molecule has 152 valence electrons. The Labute approximate surface area is 160 Å². The first-order valence-electron chi connectivity index (χ1n) is 9.47. The molecule has 8 nitrogen and oxygen atoms in total. The number of fused-ring (bicyclic) bond motifs is 3. The largest absolute Gasteiger partial charge is 0.461 e. The quantitative estimate of drug-likeness (QED) is 0.544. The number of ether oxygens (including phenoxy) is 2. The summed E-state index contributed by atoms with van der Waals surface area (Å²) in [6.07, 6.45) is -3.65. The Morgan fingerprint density at radius 3 is 2.50 bits per heavy atom. The average molecular weight is 392 g/mol. The fraction of sp³-hybridized carbons (Fsp3) is 0.550. The molecule has 0 radical (unpaired) electrons. The molecule has 28 heavy (non-hydrogen) atoms. The van der Waals surface area contributed by atoms with Crippen molar-refractivity contribution < 1.29 is 34.3 Å². The Hall–Kier alpha value is -1.97. The Kier molecular flexibility index (Phi) is 5.15. The molecule has 2 aliphatic rings. The van der Waals surface area contributed by atoms with E-state index in [4.69, 9.17) is 13.9 Å². The second-order valence-electron chi connectivity index (χ2n) is 7.51. The first-order chi connectivity index (χ1) is 13.4. The van der Waals surface area contributed by atoms with Crippen LogP contribution in [-0.2, 0) is 17.6 Å². The number of benzene rings is 1. The van der Waals surface area contributed by atoms with Crippen LogP contribution < -0.4 is 10.4 Å². The molecule has 0 spiro atoms. The molecule has 1 fully saturated rings. The summed E-state index contributed by atoms with van der Waals surface area (Å²) in [4.78, 5) is 12.3. The highest BCUT2D eigenvalue weighted by molar-refractivity contribution is 5.88. The molecule has 0 amide bonds. The molecule has 1 aromatic heterocycles. The van der Waals surface area contributed by atoms with Crippen molar-refractivity contribution in [1.82, 2.24) is 0 Å². The maximum absolute atomic E-state index is 12.3. The van der Waals surface area contributed by atoms with E-state index < -0.39 is 37.3 Å². The van der Waals surface area contributed by atoms with Crippen molar-refractivity contribution in [2.24, 2.45) is 0 Å². The van der Waals surface area contributed by atoms with Crippen molar-refractivity contribution in [3.8, 4) is 5.75 Å². The molecule has 2 aromatic rings. The van der Waals surface area contributed by atoms with Gasteiger partial charge in [0.25, 0.3) is 0 Å². The van der Waals surface area contributed by atoms with E-state index in [0.29, 0.717) is 35.1 Å². The van der Waals surface area contributed by atoms with Gasteiger partial charge < -0.3 is 34.3 Å². The summed E-state index contributed by atoms with van der Waals surface area (Å²) in [6, 6.07) is 3.50. The molecule has 1 saturated heterocycles. The van der Waals surface area contributed by atoms with Crippen LogP contribution >= 0.6 is 0 Å². The van der Waals surface area contributed by atoms with Gasteiger partial charge in [0, 0.05) is 5.56 Å². The molecule has 1 aliphatic heterocycles. The number of hydrogen-bond acceptors (Lipinski definition) is 8. The highest BCUT2D eigenvalue weighted by Gasteiger charge is 2.45. The summed E-state index contributed by atoms with van der Waals surface area (Å²) >= 11 is 0. The third-order valence-corrected chi connectivity index (χ3v) is 5.52. The van der Waals surface area contributed by atoms with Crippen molar-refractivity contribution >= 4 is 11.0 Å². The fourth-order valence-corrected chi connectivity index (χ4v) is 4.05. The monoisotopic (exact) mass is 392 g/mol. The lowest BCUT2D eigenvalue weighted by Crippen LogP contribution is -2.60. The number of hydrogen-bond donors (Lipinski definition) is 4. The van der Waals surface area contributed by atoms with Gasteiger partial charge in [-0.1, -0.05) is 0 Å². The van der Waals surface area contributed by atoms with Crippen LogP contribution in [0, 0.1) is 6.92 Å². The second kappa shape index (κ2) is 7.46. The standard InChI is InChI=1S/C20H24O8/c1-9-6-12-15(10-4-2-3-5-11(10)19(25)26-12)13(7-9)27-20-18(24)17(23)16(22)14(8-21)28-20/h6-7,14,16-18,20-24H,2-5,8H2,1H3. The third-order valence-electron chi connectivity index (χ3n) is 5.52. The molecule has 8 heteroatoms. The average Bonchev–Trinajstić information content (AvgIpc) is 2.68. The number of rotatable bonds is 3. The number of aliphatic hydroxyl groups excluding tert-OH is 4. The van der Waals surface area contributed by atoms with Crippen LogP contribution in [0.25, 0.3) is 11.0 Å². The van der Waals surface area contributed by atoms with E-state index in [9.17, 15) is 25.2 Å². The van der Waals surface area contributed by atoms with Gasteiger partial charge in [-0.05, 0) is 55.9 Å². The van der Waals surface area contributed by atoms with E-state index in [0.717, 1.165) is 24.0 Å². The SMILES string of the molecule is Cc1cc(OC2OC(CO)C(O)C(O)C2O)c2c3c(c(=O)oc2c1)CCCC3. The van der Waals surface area contributed by atoms with Gasteiger partial charge in [0.05, 0.1) is 12.0 Å². The van der Waals surface area contributed by atoms with Gasteiger partial charge in [0.15, 0.2) is 0 Å². The molecule has 1 aromatic carbocycles. The normalized spacial score (nSPS) is 30.2. The van der Waals surface area contributed by atoms with Crippen LogP contribution in [0.1, 0.15) is 29.5 Å². The molecule has 4 rings (SSSR count). The third kappa shape index (κ3) is 3.21. The van der Waals surface area contributed by atoms with E-state index in [2.05, 4.69) is 0 Å². The molecule has 0 bridgehead atoms. The lowest BCUT2D eigenvalue weighted by atomic mass is 9.90. The predicted molar refractivity (Wildman–Crippen MR) is 98.3 cm³/mol. The van der Waals surface area contributed by atoms with E-state index in [-0.39, 0.29) is 5.63 Å². The van der Waals surface area contributed by atoms with Gasteiger partial charge in [0.1, 0.15) is 35.7 Å². The minimum atomic E-state index is -1.53. The molecule has 5 unspecified atom stereocenters. The maximum atomic E-state index is 12.3. The van der Waals surface area contributed by atoms with Gasteiger partial charge in [-0.3, -0.25) is 0 Å². The number of aliphatic hydroxyl groups is 4. The summed E-state index contributed by atoms with van der Waals surface area (Å²) in [5.41, 5.74) is 2.35. The zero-order valence-electron chi connectivity index (χ0n) is 15.5. The topological polar surface area (TPSA) is 130 Å². The van der Waals surface area contributed by atoms with Crippen LogP contribution in [0.15, 0.2) is 21.3 Å². The molecule has 1 aliphatic carbocycles. The Bertz CT molecular complexity index is 934. The molecule has 0 saturated carbocycles. The fourth-order valence-electron chi connectivity index (χ4n) is 4.05. The maximum Gasteiger partial charge on any atom is 0.339 e. The van der Waals surface area contributed by atoms with Crippen molar-refractivity contribution in [3.05, 3.63) is 39.2 Å². The van der Waals surface area contributed by atoms with E-state index >= 15 is 0 Å². The molecule has 4 N–H and O–H groups in total. The smallest absolute Gasteiger partial charge is 0.339 e. The van der Waals surface area contributed by atoms with Crippen molar-refractivity contribution in [1.29, 1.82) is 0 Å². The van der Waals surface area contributed by atoms with E-state index in [1.54, 1.807) is 12.1 Å². The summed E-state index contributed by atoms with van der Waals surface area (Å²) < 4.78 is 16.9. The van der Waals surface area contributed by atoms with E-state index in [1.165, 1.54) is 0 Å². The van der Waals surface area contributed by atoms with Gasteiger partial charge in [-0.25, -0.2) is 4.79 Å². The first-order valence-corrected chi connectivity index (χ1v) is 9.47. The van der Waals surface area contributed by atoms with Gasteiger partial charge >= 0.3 is 5.63 Å². The molecule has 2 heterocycles.